The molecule has 1 aliphatic rings. The second-order valence-electron chi connectivity index (χ2n) is 6.33. The van der Waals surface area contributed by atoms with E-state index in [9.17, 15) is 17.6 Å². The normalized spacial score (nSPS) is 15.6. The molecule has 2 aromatic carbocycles. The van der Waals surface area contributed by atoms with E-state index in [0.717, 1.165) is 25.0 Å². The molecule has 1 aliphatic heterocycles. The highest BCUT2D eigenvalue weighted by Gasteiger charge is 2.26. The lowest BCUT2D eigenvalue weighted by Crippen LogP contribution is -2.40. The number of nitrogens with zero attached hydrogens (tertiary/aromatic N) is 1. The quantitative estimate of drug-likeness (QED) is 0.849. The number of carbonyl (C=O) groups is 1. The van der Waals surface area contributed by atoms with Gasteiger partial charge >= 0.3 is 0 Å². The largest absolute Gasteiger partial charge is 0.381 e. The Morgan fingerprint density at radius 3 is 2.37 bits per heavy atom. The van der Waals surface area contributed by atoms with Crippen molar-refractivity contribution in [2.75, 3.05) is 24.9 Å². The highest BCUT2D eigenvalue weighted by atomic mass is 32.2. The van der Waals surface area contributed by atoms with Crippen LogP contribution in [0.1, 0.15) is 23.2 Å². The lowest BCUT2D eigenvalue weighted by Gasteiger charge is -2.31. The number of benzene rings is 2. The molecule has 0 radical (unpaired) electrons. The molecule has 0 atom stereocenters. The third kappa shape index (κ3) is 4.45. The summed E-state index contributed by atoms with van der Waals surface area (Å²) >= 11 is 0. The molecule has 0 unspecified atom stereocenters. The van der Waals surface area contributed by atoms with Crippen LogP contribution in [0, 0.1) is 5.82 Å². The predicted octanol–water partition coefficient (Wildman–Crippen LogP) is 2.88. The van der Waals surface area contributed by atoms with Gasteiger partial charge in [0.25, 0.3) is 15.9 Å². The zero-order valence-electron chi connectivity index (χ0n) is 14.9. The fourth-order valence-electron chi connectivity index (χ4n) is 3.04. The number of methoxy groups -OCH3 is 1. The minimum Gasteiger partial charge on any atom is -0.381 e. The number of anilines is 1. The van der Waals surface area contributed by atoms with Gasteiger partial charge in [-0.1, -0.05) is 12.1 Å². The molecule has 2 aromatic rings. The minimum absolute atomic E-state index is 0.0768. The van der Waals surface area contributed by atoms with Crippen LogP contribution in [0.2, 0.25) is 0 Å². The van der Waals surface area contributed by atoms with Gasteiger partial charge in [0, 0.05) is 20.2 Å². The monoisotopic (exact) mass is 392 g/mol. The van der Waals surface area contributed by atoms with Crippen molar-refractivity contribution in [1.82, 2.24) is 4.90 Å². The van der Waals surface area contributed by atoms with Gasteiger partial charge in [0.1, 0.15) is 5.82 Å². The molecule has 0 bridgehead atoms. The smallest absolute Gasteiger partial charge is 0.261 e. The number of ether oxygens (including phenoxy) is 1. The fourth-order valence-corrected chi connectivity index (χ4v) is 4.12. The van der Waals surface area contributed by atoms with Crippen molar-refractivity contribution in [3.63, 3.8) is 0 Å². The summed E-state index contributed by atoms with van der Waals surface area (Å²) in [6.07, 6.45) is 1.62. The molecule has 144 valence electrons. The van der Waals surface area contributed by atoms with Gasteiger partial charge in [-0.25, -0.2) is 12.8 Å². The van der Waals surface area contributed by atoms with E-state index in [-0.39, 0.29) is 28.2 Å². The van der Waals surface area contributed by atoms with Crippen LogP contribution in [0.3, 0.4) is 0 Å². The zero-order valence-corrected chi connectivity index (χ0v) is 15.7. The average Bonchev–Trinajstić information content (AvgIpc) is 2.68. The van der Waals surface area contributed by atoms with E-state index in [1.165, 1.54) is 18.2 Å². The second kappa shape index (κ2) is 8.06. The first-order valence-corrected chi connectivity index (χ1v) is 10.1. The van der Waals surface area contributed by atoms with Gasteiger partial charge in [-0.15, -0.1) is 0 Å². The SMILES string of the molecule is COC1CCN(C(=O)c2ccccc2NS(=O)(=O)c2ccc(F)cc2)CC1. The van der Waals surface area contributed by atoms with E-state index in [1.54, 1.807) is 30.2 Å². The summed E-state index contributed by atoms with van der Waals surface area (Å²) in [7, 11) is -2.28. The topological polar surface area (TPSA) is 75.7 Å². The van der Waals surface area contributed by atoms with Gasteiger partial charge in [-0.2, -0.15) is 0 Å². The lowest BCUT2D eigenvalue weighted by molar-refractivity contribution is 0.0351. The molecule has 27 heavy (non-hydrogen) atoms. The first-order valence-electron chi connectivity index (χ1n) is 8.60. The molecule has 3 rings (SSSR count). The number of piperidine rings is 1. The van der Waals surface area contributed by atoms with Gasteiger partial charge in [-0.3, -0.25) is 9.52 Å². The Hall–Kier alpha value is -2.45. The van der Waals surface area contributed by atoms with Crippen LogP contribution in [0.25, 0.3) is 0 Å². The maximum atomic E-state index is 13.1. The number of hydrogen-bond donors (Lipinski definition) is 1. The molecule has 1 fully saturated rings. The number of nitrogens with one attached hydrogen (secondary N) is 1. The van der Waals surface area contributed by atoms with Gasteiger partial charge in [0.15, 0.2) is 0 Å². The number of halogens is 1. The van der Waals surface area contributed by atoms with Gasteiger partial charge in [0.05, 0.1) is 22.3 Å². The summed E-state index contributed by atoms with van der Waals surface area (Å²) in [6.45, 7) is 1.10. The Morgan fingerprint density at radius 2 is 1.74 bits per heavy atom. The fraction of sp³-hybridized carbons (Fsp3) is 0.316. The van der Waals surface area contributed by atoms with E-state index in [0.29, 0.717) is 13.1 Å². The molecular formula is C19H21FN2O4S. The zero-order chi connectivity index (χ0) is 19.4. The number of rotatable bonds is 5. The van der Waals surface area contributed by atoms with Gasteiger partial charge in [-0.05, 0) is 49.2 Å². The first kappa shape index (κ1) is 19.3. The predicted molar refractivity (Wildman–Crippen MR) is 99.6 cm³/mol. The third-order valence-corrected chi connectivity index (χ3v) is 5.97. The van der Waals surface area contributed by atoms with E-state index in [2.05, 4.69) is 4.72 Å². The minimum atomic E-state index is -3.94. The molecule has 0 spiro atoms. The van der Waals surface area contributed by atoms with Crippen molar-refractivity contribution in [3.05, 3.63) is 59.9 Å². The van der Waals surface area contributed by atoms with E-state index in [4.69, 9.17) is 4.74 Å². The first-order chi connectivity index (χ1) is 12.9. The molecule has 8 heteroatoms. The summed E-state index contributed by atoms with van der Waals surface area (Å²) in [5.41, 5.74) is 0.472. The van der Waals surface area contributed by atoms with Crippen LogP contribution in [0.5, 0.6) is 0 Å². The number of hydrogen-bond acceptors (Lipinski definition) is 4. The molecule has 6 nitrogen and oxygen atoms in total. The second-order valence-corrected chi connectivity index (χ2v) is 8.01. The Kier molecular flexibility index (Phi) is 5.76. The molecular weight excluding hydrogens is 371 g/mol. The summed E-state index contributed by atoms with van der Waals surface area (Å²) in [5.74, 6) is -0.758. The third-order valence-electron chi connectivity index (χ3n) is 4.59. The Morgan fingerprint density at radius 1 is 1.11 bits per heavy atom. The number of likely N-dealkylation sites (tertiary alicyclic amines) is 1. The Balaban J connectivity index is 1.82. The van der Waals surface area contributed by atoms with Crippen LogP contribution in [-0.2, 0) is 14.8 Å². The van der Waals surface area contributed by atoms with Crippen molar-refractivity contribution < 1.29 is 22.3 Å². The molecule has 1 amide bonds. The number of amides is 1. The standard InChI is InChI=1S/C19H21FN2O4S/c1-26-15-10-12-22(13-11-15)19(23)17-4-2-3-5-18(17)21-27(24,25)16-8-6-14(20)7-9-16/h2-9,15,21H,10-13H2,1H3. The van der Waals surface area contributed by atoms with E-state index in [1.807, 2.05) is 0 Å². The van der Waals surface area contributed by atoms with Gasteiger partial charge in [0.2, 0.25) is 0 Å². The molecule has 0 aromatic heterocycles. The molecule has 0 saturated carbocycles. The highest BCUT2D eigenvalue weighted by molar-refractivity contribution is 7.92. The van der Waals surface area contributed by atoms with Crippen LogP contribution >= 0.6 is 0 Å². The average molecular weight is 392 g/mol. The molecule has 0 aliphatic carbocycles. The van der Waals surface area contributed by atoms with Crippen LogP contribution < -0.4 is 4.72 Å². The summed E-state index contributed by atoms with van der Waals surface area (Å²) in [4.78, 5) is 14.5. The van der Waals surface area contributed by atoms with Crippen LogP contribution in [-0.4, -0.2) is 45.5 Å². The number of sulfonamides is 1. The maximum Gasteiger partial charge on any atom is 0.261 e. The van der Waals surface area contributed by atoms with E-state index < -0.39 is 15.8 Å². The Bertz CT molecular complexity index is 908. The van der Waals surface area contributed by atoms with Gasteiger partial charge < -0.3 is 9.64 Å². The highest BCUT2D eigenvalue weighted by Crippen LogP contribution is 2.23. The molecule has 1 N–H and O–H groups in total. The van der Waals surface area contributed by atoms with Crippen LogP contribution in [0.15, 0.2) is 53.4 Å². The van der Waals surface area contributed by atoms with Crippen molar-refractivity contribution in [3.8, 4) is 0 Å². The van der Waals surface area contributed by atoms with E-state index >= 15 is 0 Å². The van der Waals surface area contributed by atoms with Crippen molar-refractivity contribution in [1.29, 1.82) is 0 Å². The van der Waals surface area contributed by atoms with Crippen molar-refractivity contribution in [2.45, 2.75) is 23.8 Å². The molecule has 1 heterocycles. The summed E-state index contributed by atoms with van der Waals surface area (Å²) < 4.78 is 46.0. The summed E-state index contributed by atoms with van der Waals surface area (Å²) in [6, 6.07) is 11.0. The number of carbonyl (C=O) groups excluding carboxylic acids is 1. The lowest BCUT2D eigenvalue weighted by atomic mass is 10.1. The number of para-hydroxylation sites is 1. The molecule has 1 saturated heterocycles. The van der Waals surface area contributed by atoms with Crippen LogP contribution in [0.4, 0.5) is 10.1 Å². The van der Waals surface area contributed by atoms with Crippen molar-refractivity contribution in [2.24, 2.45) is 0 Å². The van der Waals surface area contributed by atoms with Crippen molar-refractivity contribution >= 4 is 21.6 Å². The maximum absolute atomic E-state index is 13.1. The summed E-state index contributed by atoms with van der Waals surface area (Å²) in [5, 5.41) is 0. The Labute approximate surface area is 158 Å².